The smallest absolute Gasteiger partial charge is 0.328 e. The van der Waals surface area contributed by atoms with Gasteiger partial charge in [-0.3, -0.25) is 14.4 Å². The fraction of sp³-hybridized carbons (Fsp3) is 0.500. The van der Waals surface area contributed by atoms with E-state index < -0.39 is 41.3 Å². The van der Waals surface area contributed by atoms with Crippen LogP contribution in [0.3, 0.4) is 0 Å². The molecule has 2 heterocycles. The second-order valence-corrected chi connectivity index (χ2v) is 9.23. The maximum absolute atomic E-state index is 15.0. The van der Waals surface area contributed by atoms with Crippen LogP contribution in [0.2, 0.25) is 0 Å². The molecule has 10 nitrogen and oxygen atoms in total. The minimum atomic E-state index is -1.82. The van der Waals surface area contributed by atoms with Crippen LogP contribution in [-0.4, -0.2) is 61.1 Å². The van der Waals surface area contributed by atoms with Gasteiger partial charge in [0.1, 0.15) is 23.2 Å². The van der Waals surface area contributed by atoms with Crippen LogP contribution < -0.4 is 21.1 Å². The molecular formula is C24H31FN4O6. The van der Waals surface area contributed by atoms with Crippen molar-refractivity contribution in [1.82, 2.24) is 15.6 Å². The summed E-state index contributed by atoms with van der Waals surface area (Å²) in [4.78, 5) is 53.4. The van der Waals surface area contributed by atoms with E-state index in [2.05, 4.69) is 15.6 Å². The van der Waals surface area contributed by atoms with E-state index >= 15 is 0 Å². The Morgan fingerprint density at radius 3 is 2.54 bits per heavy atom. The number of aromatic amines is 1. The predicted molar refractivity (Wildman–Crippen MR) is 126 cm³/mol. The number of alkyl halides is 1. The molecule has 1 aromatic heterocycles. The second-order valence-electron chi connectivity index (χ2n) is 9.23. The lowest BCUT2D eigenvalue weighted by Crippen LogP contribution is -2.46. The molecule has 2 aromatic rings. The summed E-state index contributed by atoms with van der Waals surface area (Å²) < 4.78 is 25.2. The molecule has 35 heavy (non-hydrogen) atoms. The quantitative estimate of drug-likeness (QED) is 0.372. The number of nitrogens with one attached hydrogen (secondary N) is 3. The highest BCUT2D eigenvalue weighted by Gasteiger charge is 2.38. The van der Waals surface area contributed by atoms with Gasteiger partial charge in [0.05, 0.1) is 25.7 Å². The summed E-state index contributed by atoms with van der Waals surface area (Å²) in [5, 5.41) is 5.73. The number of amides is 3. The van der Waals surface area contributed by atoms with E-state index in [0.29, 0.717) is 29.6 Å². The number of rotatable bonds is 10. The molecule has 3 atom stereocenters. The summed E-state index contributed by atoms with van der Waals surface area (Å²) in [7, 11) is 2.61. The van der Waals surface area contributed by atoms with E-state index in [1.165, 1.54) is 28.1 Å². The molecule has 0 spiro atoms. The first-order valence-corrected chi connectivity index (χ1v) is 11.3. The van der Waals surface area contributed by atoms with E-state index in [1.807, 2.05) is 0 Å². The molecule has 0 bridgehead atoms. The summed E-state index contributed by atoms with van der Waals surface area (Å²) in [6.45, 7) is 3.09. The average Bonchev–Trinajstić information content (AvgIpc) is 3.39. The zero-order chi connectivity index (χ0) is 25.9. The standard InChI is InChI=1S/C24H31FN4O6/c1-24(2,25)11-13(17-18-14(28-19(17)20(26)30)6-5-7-16(18)34-3)22(32)29-15(23(33)35-4)10-12-8-9-27-21(12)31/h5-7,12-13,15,28H,8-11H2,1-4H3,(H2,26,30)(H,27,31)(H,29,32)/t12-,13-,15-/m0/s1. The number of fused-ring (bicyclic) bond motifs is 1. The number of aromatic nitrogens is 1. The highest BCUT2D eigenvalue weighted by Crippen LogP contribution is 2.40. The van der Waals surface area contributed by atoms with Crippen LogP contribution in [0, 0.1) is 5.92 Å². The molecule has 1 aliphatic rings. The van der Waals surface area contributed by atoms with Gasteiger partial charge in [-0.1, -0.05) is 6.07 Å². The van der Waals surface area contributed by atoms with Gasteiger partial charge >= 0.3 is 5.97 Å². The van der Waals surface area contributed by atoms with Gasteiger partial charge in [0.2, 0.25) is 11.8 Å². The Hall–Kier alpha value is -3.63. The van der Waals surface area contributed by atoms with Crippen molar-refractivity contribution in [1.29, 1.82) is 0 Å². The minimum absolute atomic E-state index is 0.0237. The summed E-state index contributed by atoms with van der Waals surface area (Å²) in [5.41, 5.74) is 4.39. The third-order valence-electron chi connectivity index (χ3n) is 6.13. The molecule has 11 heteroatoms. The number of nitrogens with two attached hydrogens (primary N) is 1. The maximum Gasteiger partial charge on any atom is 0.328 e. The molecule has 3 amide bonds. The molecule has 5 N–H and O–H groups in total. The molecule has 1 fully saturated rings. The monoisotopic (exact) mass is 490 g/mol. The van der Waals surface area contributed by atoms with E-state index in [4.69, 9.17) is 15.2 Å². The van der Waals surface area contributed by atoms with Gasteiger partial charge in [-0.25, -0.2) is 9.18 Å². The van der Waals surface area contributed by atoms with Crippen LogP contribution in [0.4, 0.5) is 4.39 Å². The van der Waals surface area contributed by atoms with E-state index in [-0.39, 0.29) is 30.0 Å². The summed E-state index contributed by atoms with van der Waals surface area (Å²) >= 11 is 0. The first-order valence-electron chi connectivity index (χ1n) is 11.3. The van der Waals surface area contributed by atoms with Crippen molar-refractivity contribution >= 4 is 34.6 Å². The normalized spacial score (nSPS) is 17.5. The van der Waals surface area contributed by atoms with Gasteiger partial charge in [0.25, 0.3) is 5.91 Å². The molecule has 190 valence electrons. The van der Waals surface area contributed by atoms with E-state index in [0.717, 1.165) is 0 Å². The number of hydrogen-bond acceptors (Lipinski definition) is 6. The Balaban J connectivity index is 2.08. The lowest BCUT2D eigenvalue weighted by atomic mass is 9.85. The van der Waals surface area contributed by atoms with Crippen LogP contribution in [0.1, 0.15) is 55.1 Å². The average molecular weight is 491 g/mol. The summed E-state index contributed by atoms with van der Waals surface area (Å²) in [5.74, 6) is -3.83. The molecule has 0 radical (unpaired) electrons. The molecule has 1 aromatic carbocycles. The third-order valence-corrected chi connectivity index (χ3v) is 6.13. The number of halogens is 1. The number of esters is 1. The Morgan fingerprint density at radius 1 is 1.29 bits per heavy atom. The van der Waals surface area contributed by atoms with Crippen LogP contribution in [0.15, 0.2) is 18.2 Å². The Labute approximate surface area is 202 Å². The van der Waals surface area contributed by atoms with Gasteiger partial charge in [-0.15, -0.1) is 0 Å². The van der Waals surface area contributed by atoms with Crippen LogP contribution in [0.25, 0.3) is 10.9 Å². The molecule has 0 saturated carbocycles. The van der Waals surface area contributed by atoms with Crippen molar-refractivity contribution in [3.63, 3.8) is 0 Å². The number of H-pyrrole nitrogens is 1. The molecule has 0 unspecified atom stereocenters. The van der Waals surface area contributed by atoms with Crippen molar-refractivity contribution in [3.05, 3.63) is 29.5 Å². The van der Waals surface area contributed by atoms with Crippen molar-refractivity contribution in [2.75, 3.05) is 20.8 Å². The number of carbonyl (C=O) groups excluding carboxylic acids is 4. The lowest BCUT2D eigenvalue weighted by molar-refractivity contribution is -0.146. The second kappa shape index (κ2) is 10.3. The maximum atomic E-state index is 15.0. The minimum Gasteiger partial charge on any atom is -0.496 e. The zero-order valence-corrected chi connectivity index (χ0v) is 20.2. The van der Waals surface area contributed by atoms with Crippen molar-refractivity contribution in [2.45, 2.75) is 50.7 Å². The van der Waals surface area contributed by atoms with Gasteiger partial charge < -0.3 is 30.8 Å². The zero-order valence-electron chi connectivity index (χ0n) is 20.2. The molecular weight excluding hydrogens is 459 g/mol. The number of hydrogen-bond donors (Lipinski definition) is 4. The lowest BCUT2D eigenvalue weighted by Gasteiger charge is -2.26. The molecule has 0 aliphatic carbocycles. The highest BCUT2D eigenvalue weighted by molar-refractivity contribution is 6.06. The summed E-state index contributed by atoms with van der Waals surface area (Å²) in [6.07, 6.45) is 0.215. The molecule has 1 aliphatic heterocycles. The largest absolute Gasteiger partial charge is 0.496 e. The number of methoxy groups -OCH3 is 2. The van der Waals surface area contributed by atoms with Crippen molar-refractivity contribution in [2.24, 2.45) is 11.7 Å². The third kappa shape index (κ3) is 5.72. The topological polar surface area (TPSA) is 153 Å². The van der Waals surface area contributed by atoms with Gasteiger partial charge in [-0.2, -0.15) is 0 Å². The molecule has 3 rings (SSSR count). The fourth-order valence-corrected chi connectivity index (χ4v) is 4.55. The Morgan fingerprint density at radius 2 is 2.00 bits per heavy atom. The molecule has 1 saturated heterocycles. The van der Waals surface area contributed by atoms with Crippen molar-refractivity contribution < 1.29 is 33.0 Å². The summed E-state index contributed by atoms with van der Waals surface area (Å²) in [6, 6.07) is 3.88. The van der Waals surface area contributed by atoms with Gasteiger partial charge in [0, 0.05) is 23.4 Å². The Kier molecular flexibility index (Phi) is 7.67. The van der Waals surface area contributed by atoms with Crippen molar-refractivity contribution in [3.8, 4) is 5.75 Å². The van der Waals surface area contributed by atoms with E-state index in [1.54, 1.807) is 18.2 Å². The predicted octanol–water partition coefficient (Wildman–Crippen LogP) is 1.68. The van der Waals surface area contributed by atoms with Gasteiger partial charge in [-0.05, 0) is 45.2 Å². The highest BCUT2D eigenvalue weighted by atomic mass is 19.1. The van der Waals surface area contributed by atoms with Gasteiger partial charge in [0.15, 0.2) is 0 Å². The Bertz CT molecular complexity index is 1140. The number of primary amides is 1. The fourth-order valence-electron chi connectivity index (χ4n) is 4.55. The number of ether oxygens (including phenoxy) is 2. The van der Waals surface area contributed by atoms with Crippen LogP contribution in [0.5, 0.6) is 5.75 Å². The SMILES string of the molecule is COC(=O)[C@H](C[C@@H]1CCNC1=O)NC(=O)[C@@H](CC(C)(C)F)c1c(C(N)=O)[nH]c2cccc(OC)c12. The van der Waals surface area contributed by atoms with Crippen LogP contribution in [-0.2, 0) is 19.1 Å². The first kappa shape index (κ1) is 26.0. The first-order chi connectivity index (χ1) is 16.5. The van der Waals surface area contributed by atoms with Crippen LogP contribution >= 0.6 is 0 Å². The number of carbonyl (C=O) groups is 4. The van der Waals surface area contributed by atoms with E-state index in [9.17, 15) is 23.6 Å². The number of benzene rings is 1.